The summed E-state index contributed by atoms with van der Waals surface area (Å²) >= 11 is 7.67. The third-order valence-electron chi connectivity index (χ3n) is 2.98. The van der Waals surface area contributed by atoms with E-state index in [9.17, 15) is 4.79 Å². The number of carbonyl (C=O) groups is 1. The molecule has 2 aromatic carbocycles. The largest absolute Gasteiger partial charge is 0.482 e. The lowest BCUT2D eigenvalue weighted by Gasteiger charge is -2.05. The van der Waals surface area contributed by atoms with E-state index in [0.717, 1.165) is 23.6 Å². The summed E-state index contributed by atoms with van der Waals surface area (Å²) in [6, 6.07) is 15.4. The predicted octanol–water partition coefficient (Wildman–Crippen LogP) is 4.53. The minimum absolute atomic E-state index is 0.308. The molecule has 2 rings (SSSR count). The summed E-state index contributed by atoms with van der Waals surface area (Å²) in [5.41, 5.74) is 1.22. The van der Waals surface area contributed by atoms with Gasteiger partial charge in [0.1, 0.15) is 5.75 Å². The maximum atomic E-state index is 10.4. The van der Waals surface area contributed by atoms with Gasteiger partial charge < -0.3 is 9.84 Å². The van der Waals surface area contributed by atoms with Crippen LogP contribution in [0.1, 0.15) is 12.0 Å². The molecule has 0 unspecified atom stereocenters. The van der Waals surface area contributed by atoms with Gasteiger partial charge in [-0.3, -0.25) is 0 Å². The number of ether oxygens (including phenoxy) is 1. The van der Waals surface area contributed by atoms with Gasteiger partial charge in [0.05, 0.1) is 0 Å². The second-order valence-corrected chi connectivity index (χ2v) is 6.34. The molecule has 1 N–H and O–H groups in total. The lowest BCUT2D eigenvalue weighted by Crippen LogP contribution is -2.09. The van der Waals surface area contributed by atoms with Crippen LogP contribution in [0.5, 0.6) is 5.75 Å². The minimum Gasteiger partial charge on any atom is -0.482 e. The van der Waals surface area contributed by atoms with Gasteiger partial charge in [-0.1, -0.05) is 23.7 Å². The minimum atomic E-state index is -0.969. The third-order valence-corrected chi connectivity index (χ3v) is 4.33. The average Bonchev–Trinajstić information content (AvgIpc) is 2.52. The van der Waals surface area contributed by atoms with Crippen molar-refractivity contribution >= 4 is 29.3 Å². The van der Waals surface area contributed by atoms with Crippen LogP contribution in [0.4, 0.5) is 0 Å². The summed E-state index contributed by atoms with van der Waals surface area (Å²) in [6.07, 6.45) is 2.06. The Kier molecular flexibility index (Phi) is 6.62. The summed E-state index contributed by atoms with van der Waals surface area (Å²) in [7, 11) is 0. The maximum Gasteiger partial charge on any atom is 0.341 e. The van der Waals surface area contributed by atoms with E-state index in [2.05, 4.69) is 0 Å². The summed E-state index contributed by atoms with van der Waals surface area (Å²) in [5, 5.41) is 9.31. The molecular weight excluding hydrogens is 320 g/mol. The SMILES string of the molecule is O=C(O)COc1ccc(CCCSc2ccc(Cl)cc2)cc1. The maximum absolute atomic E-state index is 10.4. The Hall–Kier alpha value is -1.65. The number of carboxylic acids is 1. The first kappa shape index (κ1) is 16.7. The van der Waals surface area contributed by atoms with Gasteiger partial charge >= 0.3 is 5.97 Å². The van der Waals surface area contributed by atoms with Crippen LogP contribution in [0.15, 0.2) is 53.4 Å². The van der Waals surface area contributed by atoms with Crippen LogP contribution < -0.4 is 4.74 Å². The Morgan fingerprint density at radius 1 is 1.09 bits per heavy atom. The fraction of sp³-hybridized carbons (Fsp3) is 0.235. The van der Waals surface area contributed by atoms with Gasteiger partial charge in [-0.25, -0.2) is 4.79 Å². The zero-order chi connectivity index (χ0) is 15.8. The lowest BCUT2D eigenvalue weighted by atomic mass is 10.1. The Bertz CT molecular complexity index is 596. The summed E-state index contributed by atoms with van der Waals surface area (Å²) < 4.78 is 5.10. The van der Waals surface area contributed by atoms with E-state index >= 15 is 0 Å². The Morgan fingerprint density at radius 3 is 2.41 bits per heavy atom. The average molecular weight is 337 g/mol. The number of carboxylic acid groups (broad SMARTS) is 1. The molecule has 0 aliphatic heterocycles. The van der Waals surface area contributed by atoms with E-state index in [-0.39, 0.29) is 6.61 Å². The lowest BCUT2D eigenvalue weighted by molar-refractivity contribution is -0.139. The molecule has 0 atom stereocenters. The fourth-order valence-electron chi connectivity index (χ4n) is 1.89. The molecule has 0 heterocycles. The highest BCUT2D eigenvalue weighted by Crippen LogP contribution is 2.22. The zero-order valence-electron chi connectivity index (χ0n) is 12.0. The number of aliphatic carboxylic acids is 1. The van der Waals surface area contributed by atoms with Gasteiger partial charge in [-0.05, 0) is 60.6 Å². The fourth-order valence-corrected chi connectivity index (χ4v) is 2.87. The zero-order valence-corrected chi connectivity index (χ0v) is 13.6. The van der Waals surface area contributed by atoms with Gasteiger partial charge in [0.15, 0.2) is 6.61 Å². The molecule has 2 aromatic rings. The quantitative estimate of drug-likeness (QED) is 0.568. The van der Waals surface area contributed by atoms with Crippen molar-refractivity contribution in [1.29, 1.82) is 0 Å². The molecule has 0 fully saturated rings. The molecule has 3 nitrogen and oxygen atoms in total. The van der Waals surface area contributed by atoms with E-state index in [1.165, 1.54) is 10.5 Å². The number of hydrogen-bond acceptors (Lipinski definition) is 3. The number of hydrogen-bond donors (Lipinski definition) is 1. The summed E-state index contributed by atoms with van der Waals surface area (Å²) in [6.45, 7) is -0.308. The first-order chi connectivity index (χ1) is 10.6. The molecular formula is C17H17ClO3S. The van der Waals surface area contributed by atoms with Gasteiger partial charge in [-0.15, -0.1) is 11.8 Å². The number of benzene rings is 2. The summed E-state index contributed by atoms with van der Waals surface area (Å²) in [5.74, 6) is 0.656. The van der Waals surface area contributed by atoms with E-state index in [4.69, 9.17) is 21.4 Å². The van der Waals surface area contributed by atoms with E-state index < -0.39 is 5.97 Å². The van der Waals surface area contributed by atoms with Crippen molar-refractivity contribution in [2.24, 2.45) is 0 Å². The second kappa shape index (κ2) is 8.71. The Balaban J connectivity index is 1.70. The first-order valence-electron chi connectivity index (χ1n) is 6.95. The van der Waals surface area contributed by atoms with Crippen LogP contribution >= 0.6 is 23.4 Å². The molecule has 0 spiro atoms. The Labute approximate surface area is 139 Å². The molecule has 116 valence electrons. The molecule has 0 aromatic heterocycles. The van der Waals surface area contributed by atoms with Gasteiger partial charge in [0.25, 0.3) is 0 Å². The van der Waals surface area contributed by atoms with Gasteiger partial charge in [-0.2, -0.15) is 0 Å². The normalized spacial score (nSPS) is 10.4. The van der Waals surface area contributed by atoms with Crippen molar-refractivity contribution in [3.8, 4) is 5.75 Å². The molecule has 0 aliphatic rings. The van der Waals surface area contributed by atoms with Crippen LogP contribution in [0, 0.1) is 0 Å². The molecule has 0 aliphatic carbocycles. The number of rotatable bonds is 8. The molecule has 0 radical (unpaired) electrons. The predicted molar refractivity (Wildman–Crippen MR) is 90.1 cm³/mol. The molecule has 22 heavy (non-hydrogen) atoms. The third kappa shape index (κ3) is 6.00. The van der Waals surface area contributed by atoms with Crippen LogP contribution in [-0.2, 0) is 11.2 Å². The monoisotopic (exact) mass is 336 g/mol. The number of aryl methyl sites for hydroxylation is 1. The van der Waals surface area contributed by atoms with E-state index in [1.54, 1.807) is 0 Å². The molecule has 0 amide bonds. The van der Waals surface area contributed by atoms with E-state index in [1.807, 2.05) is 60.3 Å². The van der Waals surface area contributed by atoms with Crippen molar-refractivity contribution in [2.45, 2.75) is 17.7 Å². The highest BCUT2D eigenvalue weighted by molar-refractivity contribution is 7.99. The van der Waals surface area contributed by atoms with Crippen molar-refractivity contribution in [1.82, 2.24) is 0 Å². The first-order valence-corrected chi connectivity index (χ1v) is 8.32. The van der Waals surface area contributed by atoms with Crippen molar-refractivity contribution in [3.05, 3.63) is 59.1 Å². The highest BCUT2D eigenvalue weighted by atomic mass is 35.5. The highest BCUT2D eigenvalue weighted by Gasteiger charge is 2.00. The topological polar surface area (TPSA) is 46.5 Å². The summed E-state index contributed by atoms with van der Waals surface area (Å²) in [4.78, 5) is 11.6. The van der Waals surface area contributed by atoms with Gasteiger partial charge in [0.2, 0.25) is 0 Å². The Morgan fingerprint density at radius 2 is 1.77 bits per heavy atom. The molecule has 5 heteroatoms. The standard InChI is InChI=1S/C17H17ClO3S/c18-14-5-9-16(10-6-14)22-11-1-2-13-3-7-15(8-4-13)21-12-17(19)20/h3-10H,1-2,11-12H2,(H,19,20). The molecule has 0 bridgehead atoms. The second-order valence-electron chi connectivity index (χ2n) is 4.73. The van der Waals surface area contributed by atoms with Crippen molar-refractivity contribution < 1.29 is 14.6 Å². The van der Waals surface area contributed by atoms with Crippen molar-refractivity contribution in [2.75, 3.05) is 12.4 Å². The van der Waals surface area contributed by atoms with Crippen LogP contribution in [0.2, 0.25) is 5.02 Å². The van der Waals surface area contributed by atoms with Gasteiger partial charge in [0, 0.05) is 9.92 Å². The molecule has 0 saturated carbocycles. The van der Waals surface area contributed by atoms with Crippen LogP contribution in [-0.4, -0.2) is 23.4 Å². The smallest absolute Gasteiger partial charge is 0.341 e. The number of halogens is 1. The van der Waals surface area contributed by atoms with Crippen molar-refractivity contribution in [3.63, 3.8) is 0 Å². The van der Waals surface area contributed by atoms with E-state index in [0.29, 0.717) is 5.75 Å². The number of thioether (sulfide) groups is 1. The van der Waals surface area contributed by atoms with Crippen LogP contribution in [0.25, 0.3) is 0 Å². The molecule has 0 saturated heterocycles. The van der Waals surface area contributed by atoms with Crippen LogP contribution in [0.3, 0.4) is 0 Å².